The van der Waals surface area contributed by atoms with Crippen LogP contribution in [0, 0.1) is 0 Å². The van der Waals surface area contributed by atoms with Gasteiger partial charge in [0, 0.05) is 5.56 Å². The number of furan rings is 1. The first-order valence-electron chi connectivity index (χ1n) is 5.66. The number of hydrogen-bond acceptors (Lipinski definition) is 2. The highest BCUT2D eigenvalue weighted by Gasteiger charge is 2.17. The summed E-state index contributed by atoms with van der Waals surface area (Å²) in [4.78, 5) is 12.1. The van der Waals surface area contributed by atoms with Crippen LogP contribution >= 0.6 is 11.6 Å². The van der Waals surface area contributed by atoms with Crippen LogP contribution < -0.4 is 0 Å². The van der Waals surface area contributed by atoms with Gasteiger partial charge in [-0.05, 0) is 60.2 Å². The van der Waals surface area contributed by atoms with Gasteiger partial charge in [0.15, 0.2) is 11.0 Å². The van der Waals surface area contributed by atoms with Crippen LogP contribution in [0.15, 0.2) is 34.7 Å². The maximum absolute atomic E-state index is 12.1. The number of benzene rings is 1. The monoisotopic (exact) mass is 246 g/mol. The van der Waals surface area contributed by atoms with Crippen LogP contribution in [-0.4, -0.2) is 5.78 Å². The molecular weight excluding hydrogens is 236 g/mol. The SMILES string of the molecule is O=C(c1ccc2c(c1)CCC2)c1ccc(Cl)o1. The second-order valence-electron chi connectivity index (χ2n) is 4.27. The zero-order chi connectivity index (χ0) is 11.8. The molecule has 1 heterocycles. The molecule has 17 heavy (non-hydrogen) atoms. The van der Waals surface area contributed by atoms with E-state index < -0.39 is 0 Å². The number of rotatable bonds is 2. The Labute approximate surface area is 104 Å². The summed E-state index contributed by atoms with van der Waals surface area (Å²) in [6.45, 7) is 0. The van der Waals surface area contributed by atoms with Gasteiger partial charge in [-0.15, -0.1) is 0 Å². The first kappa shape index (κ1) is 10.6. The van der Waals surface area contributed by atoms with E-state index in [4.69, 9.17) is 16.0 Å². The van der Waals surface area contributed by atoms with Crippen LogP contribution in [0.4, 0.5) is 0 Å². The average molecular weight is 247 g/mol. The van der Waals surface area contributed by atoms with Crippen LogP contribution in [0.3, 0.4) is 0 Å². The molecule has 0 unspecified atom stereocenters. The molecule has 0 aliphatic heterocycles. The maximum Gasteiger partial charge on any atom is 0.228 e. The lowest BCUT2D eigenvalue weighted by Gasteiger charge is -2.02. The van der Waals surface area contributed by atoms with Crippen molar-refractivity contribution in [1.29, 1.82) is 0 Å². The Kier molecular flexibility index (Phi) is 2.52. The fourth-order valence-electron chi connectivity index (χ4n) is 2.29. The van der Waals surface area contributed by atoms with Crippen LogP contribution in [0.2, 0.25) is 5.22 Å². The molecule has 1 aromatic carbocycles. The molecule has 3 heteroatoms. The van der Waals surface area contributed by atoms with Crippen molar-refractivity contribution < 1.29 is 9.21 Å². The first-order valence-corrected chi connectivity index (χ1v) is 6.04. The van der Waals surface area contributed by atoms with Crippen LogP contribution in [0.5, 0.6) is 0 Å². The first-order chi connectivity index (χ1) is 8.24. The molecule has 1 aromatic heterocycles. The van der Waals surface area contributed by atoms with Gasteiger partial charge in [0.2, 0.25) is 5.78 Å². The second-order valence-corrected chi connectivity index (χ2v) is 4.64. The van der Waals surface area contributed by atoms with Gasteiger partial charge in [-0.2, -0.15) is 0 Å². The molecule has 1 aliphatic rings. The smallest absolute Gasteiger partial charge is 0.228 e. The zero-order valence-corrected chi connectivity index (χ0v) is 9.96. The summed E-state index contributed by atoms with van der Waals surface area (Å²) in [5.41, 5.74) is 3.32. The van der Waals surface area contributed by atoms with Crippen molar-refractivity contribution in [3.63, 3.8) is 0 Å². The third-order valence-electron chi connectivity index (χ3n) is 3.16. The predicted molar refractivity (Wildman–Crippen MR) is 65.6 cm³/mol. The predicted octanol–water partition coefficient (Wildman–Crippen LogP) is 3.65. The zero-order valence-electron chi connectivity index (χ0n) is 9.20. The van der Waals surface area contributed by atoms with Crippen molar-refractivity contribution >= 4 is 17.4 Å². The molecule has 3 rings (SSSR count). The number of halogens is 1. The topological polar surface area (TPSA) is 30.2 Å². The fourth-order valence-corrected chi connectivity index (χ4v) is 2.44. The Morgan fingerprint density at radius 3 is 2.71 bits per heavy atom. The standard InChI is InChI=1S/C14H11ClO2/c15-13-7-6-12(17-13)14(16)11-5-4-9-2-1-3-10(9)8-11/h4-8H,1-3H2. The van der Waals surface area contributed by atoms with E-state index in [-0.39, 0.29) is 11.0 Å². The van der Waals surface area contributed by atoms with E-state index in [2.05, 4.69) is 0 Å². The van der Waals surface area contributed by atoms with E-state index in [1.165, 1.54) is 17.5 Å². The van der Waals surface area contributed by atoms with Crippen molar-refractivity contribution in [3.05, 3.63) is 58.0 Å². The van der Waals surface area contributed by atoms with Crippen LogP contribution in [0.1, 0.15) is 33.7 Å². The molecule has 0 spiro atoms. The molecule has 0 saturated carbocycles. The van der Waals surface area contributed by atoms with Gasteiger partial charge in [0.05, 0.1) is 0 Å². The lowest BCUT2D eigenvalue weighted by atomic mass is 10.0. The van der Waals surface area contributed by atoms with Crippen molar-refractivity contribution in [2.45, 2.75) is 19.3 Å². The fraction of sp³-hybridized carbons (Fsp3) is 0.214. The third kappa shape index (κ3) is 1.89. The largest absolute Gasteiger partial charge is 0.441 e. The molecule has 0 fully saturated rings. The molecule has 0 amide bonds. The number of carbonyl (C=O) groups is 1. The Balaban J connectivity index is 1.97. The highest BCUT2D eigenvalue weighted by Crippen LogP contribution is 2.24. The summed E-state index contributed by atoms with van der Waals surface area (Å²) in [7, 11) is 0. The van der Waals surface area contributed by atoms with E-state index in [0.29, 0.717) is 11.3 Å². The van der Waals surface area contributed by atoms with Gasteiger partial charge in [0.1, 0.15) is 0 Å². The van der Waals surface area contributed by atoms with Crippen molar-refractivity contribution in [2.75, 3.05) is 0 Å². The Hall–Kier alpha value is -1.54. The maximum atomic E-state index is 12.1. The molecule has 2 nitrogen and oxygen atoms in total. The highest BCUT2D eigenvalue weighted by atomic mass is 35.5. The lowest BCUT2D eigenvalue weighted by Crippen LogP contribution is -2.00. The number of fused-ring (bicyclic) bond motifs is 1. The number of hydrogen-bond donors (Lipinski definition) is 0. The Morgan fingerprint density at radius 1 is 1.12 bits per heavy atom. The summed E-state index contributed by atoms with van der Waals surface area (Å²) in [5.74, 6) is 0.194. The molecule has 0 bridgehead atoms. The van der Waals surface area contributed by atoms with Gasteiger partial charge >= 0.3 is 0 Å². The van der Waals surface area contributed by atoms with Gasteiger partial charge < -0.3 is 4.42 Å². The van der Waals surface area contributed by atoms with E-state index in [0.717, 1.165) is 12.8 Å². The van der Waals surface area contributed by atoms with Crippen molar-refractivity contribution in [2.24, 2.45) is 0 Å². The minimum atomic E-state index is -0.105. The molecule has 1 aliphatic carbocycles. The van der Waals surface area contributed by atoms with Crippen LogP contribution in [-0.2, 0) is 12.8 Å². The van der Waals surface area contributed by atoms with Gasteiger partial charge in [0.25, 0.3) is 0 Å². The normalized spacial score (nSPS) is 13.7. The summed E-state index contributed by atoms with van der Waals surface area (Å²) in [5, 5.41) is 0.245. The highest BCUT2D eigenvalue weighted by molar-refractivity contribution is 6.29. The minimum Gasteiger partial charge on any atom is -0.441 e. The molecular formula is C14H11ClO2. The average Bonchev–Trinajstić information content (AvgIpc) is 2.95. The van der Waals surface area contributed by atoms with Crippen molar-refractivity contribution in [1.82, 2.24) is 0 Å². The van der Waals surface area contributed by atoms with E-state index >= 15 is 0 Å². The summed E-state index contributed by atoms with van der Waals surface area (Å²) < 4.78 is 5.13. The molecule has 0 radical (unpaired) electrons. The van der Waals surface area contributed by atoms with Gasteiger partial charge in [-0.25, -0.2) is 0 Å². The van der Waals surface area contributed by atoms with E-state index in [1.807, 2.05) is 18.2 Å². The van der Waals surface area contributed by atoms with Gasteiger partial charge in [-0.3, -0.25) is 4.79 Å². The lowest BCUT2D eigenvalue weighted by molar-refractivity contribution is 0.101. The van der Waals surface area contributed by atoms with Gasteiger partial charge in [-0.1, -0.05) is 12.1 Å². The number of carbonyl (C=O) groups excluding carboxylic acids is 1. The Morgan fingerprint density at radius 2 is 1.94 bits per heavy atom. The molecule has 0 N–H and O–H groups in total. The van der Waals surface area contributed by atoms with Crippen molar-refractivity contribution in [3.8, 4) is 0 Å². The quantitative estimate of drug-likeness (QED) is 0.757. The second kappa shape index (κ2) is 4.04. The Bertz CT molecular complexity index is 584. The minimum absolute atomic E-state index is 0.105. The number of ketones is 1. The van der Waals surface area contributed by atoms with E-state index in [9.17, 15) is 4.79 Å². The van der Waals surface area contributed by atoms with E-state index in [1.54, 1.807) is 12.1 Å². The summed E-state index contributed by atoms with van der Waals surface area (Å²) in [6.07, 6.45) is 3.37. The third-order valence-corrected chi connectivity index (χ3v) is 3.36. The molecule has 0 saturated heterocycles. The molecule has 2 aromatic rings. The molecule has 0 atom stereocenters. The summed E-state index contributed by atoms with van der Waals surface area (Å²) in [6, 6.07) is 9.07. The summed E-state index contributed by atoms with van der Waals surface area (Å²) >= 11 is 5.67. The number of aryl methyl sites for hydroxylation is 2. The van der Waals surface area contributed by atoms with Crippen LogP contribution in [0.25, 0.3) is 0 Å². The molecule has 86 valence electrons.